The van der Waals surface area contributed by atoms with Gasteiger partial charge in [-0.2, -0.15) is 0 Å². The Bertz CT molecular complexity index is 321. The SMILES string of the molecule is CCc1ccc(/C=C/[B-](F)(F)F)cn1.[K+]. The first-order valence-corrected chi connectivity index (χ1v) is 4.35. The Morgan fingerprint density at radius 2 is 2.00 bits per heavy atom. The number of aryl methyl sites for hydroxylation is 1. The second kappa shape index (κ2) is 6.86. The molecule has 0 amide bonds. The molecule has 0 saturated heterocycles. The molecule has 15 heavy (non-hydrogen) atoms. The maximum atomic E-state index is 11.8. The molecular formula is C9H10BF3KN. The topological polar surface area (TPSA) is 12.9 Å². The summed E-state index contributed by atoms with van der Waals surface area (Å²) in [5.41, 5.74) is 1.35. The average molecular weight is 239 g/mol. The van der Waals surface area contributed by atoms with Crippen molar-refractivity contribution in [3.63, 3.8) is 0 Å². The summed E-state index contributed by atoms with van der Waals surface area (Å²) in [5, 5.41) is 0. The van der Waals surface area contributed by atoms with Crippen molar-refractivity contribution >= 4 is 13.1 Å². The minimum atomic E-state index is -4.85. The molecule has 6 heteroatoms. The van der Waals surface area contributed by atoms with Crippen LogP contribution >= 0.6 is 0 Å². The standard InChI is InChI=1S/C9H10BF3N.K/c1-2-9-4-3-8(7-14-9)5-6-10(11,12)13;/h3-7H,2H2,1H3;/q-1;+1/b6-5+;. The number of nitrogens with zero attached hydrogens (tertiary/aromatic N) is 1. The molecule has 0 aromatic carbocycles. The van der Waals surface area contributed by atoms with Gasteiger partial charge in [-0.15, -0.1) is 5.98 Å². The molecule has 0 bridgehead atoms. The summed E-state index contributed by atoms with van der Waals surface area (Å²) in [5.74, 6) is 0.267. The van der Waals surface area contributed by atoms with Gasteiger partial charge in [-0.25, -0.2) is 0 Å². The summed E-state index contributed by atoms with van der Waals surface area (Å²) in [4.78, 5) is 3.99. The third-order valence-electron chi connectivity index (χ3n) is 1.72. The van der Waals surface area contributed by atoms with E-state index in [1.54, 1.807) is 12.1 Å². The zero-order valence-electron chi connectivity index (χ0n) is 8.75. The van der Waals surface area contributed by atoms with E-state index in [1.165, 1.54) is 6.20 Å². The largest absolute Gasteiger partial charge is 1.00 e. The van der Waals surface area contributed by atoms with Crippen LogP contribution in [0.1, 0.15) is 18.2 Å². The van der Waals surface area contributed by atoms with Crippen molar-refractivity contribution in [2.24, 2.45) is 0 Å². The molecular weight excluding hydrogens is 229 g/mol. The molecule has 0 aliphatic heterocycles. The van der Waals surface area contributed by atoms with Gasteiger partial charge in [-0.05, 0) is 18.1 Å². The molecule has 0 spiro atoms. The Hall–Kier alpha value is 0.381. The summed E-state index contributed by atoms with van der Waals surface area (Å²) in [7, 11) is 0. The molecule has 0 aliphatic rings. The molecule has 1 rings (SSSR count). The van der Waals surface area contributed by atoms with E-state index in [0.717, 1.165) is 18.2 Å². The molecule has 0 aliphatic carbocycles. The Morgan fingerprint density at radius 1 is 1.33 bits per heavy atom. The van der Waals surface area contributed by atoms with Crippen LogP contribution in [0.25, 0.3) is 6.08 Å². The van der Waals surface area contributed by atoms with Gasteiger partial charge in [0.1, 0.15) is 0 Å². The molecule has 76 valence electrons. The van der Waals surface area contributed by atoms with Crippen LogP contribution in [0.3, 0.4) is 0 Å². The Morgan fingerprint density at radius 3 is 2.40 bits per heavy atom. The molecule has 0 radical (unpaired) electrons. The van der Waals surface area contributed by atoms with Crippen LogP contribution in [0, 0.1) is 0 Å². The summed E-state index contributed by atoms with van der Waals surface area (Å²) < 4.78 is 35.5. The molecule has 1 heterocycles. The van der Waals surface area contributed by atoms with E-state index < -0.39 is 6.98 Å². The van der Waals surface area contributed by atoms with Gasteiger partial charge in [0.2, 0.25) is 0 Å². The van der Waals surface area contributed by atoms with Gasteiger partial charge in [-0.3, -0.25) is 4.98 Å². The van der Waals surface area contributed by atoms with Crippen LogP contribution in [0.15, 0.2) is 24.3 Å². The van der Waals surface area contributed by atoms with E-state index in [1.807, 2.05) is 6.92 Å². The minimum Gasteiger partial charge on any atom is -0.445 e. The summed E-state index contributed by atoms with van der Waals surface area (Å²) in [6.07, 6.45) is 3.26. The Labute approximate surface area is 130 Å². The summed E-state index contributed by atoms with van der Waals surface area (Å²) in [6, 6.07) is 3.35. The van der Waals surface area contributed by atoms with Crippen LogP contribution in [-0.2, 0) is 6.42 Å². The molecule has 0 unspecified atom stereocenters. The molecule has 0 fully saturated rings. The van der Waals surface area contributed by atoms with E-state index >= 15 is 0 Å². The van der Waals surface area contributed by atoms with Crippen LogP contribution in [-0.4, -0.2) is 12.0 Å². The van der Waals surface area contributed by atoms with Crippen molar-refractivity contribution in [3.05, 3.63) is 35.6 Å². The van der Waals surface area contributed by atoms with Gasteiger partial charge < -0.3 is 12.9 Å². The third-order valence-corrected chi connectivity index (χ3v) is 1.72. The minimum absolute atomic E-state index is 0. The van der Waals surface area contributed by atoms with Gasteiger partial charge in [-0.1, -0.05) is 19.1 Å². The quantitative estimate of drug-likeness (QED) is 0.679. The van der Waals surface area contributed by atoms with E-state index in [2.05, 4.69) is 4.98 Å². The normalized spacial score (nSPS) is 11.5. The Kier molecular flexibility index (Phi) is 7.03. The number of rotatable bonds is 3. The first kappa shape index (κ1) is 15.4. The first-order chi connectivity index (χ1) is 6.51. The number of hydrogen-bond donors (Lipinski definition) is 0. The molecule has 1 aromatic heterocycles. The maximum Gasteiger partial charge on any atom is 1.00 e. The summed E-state index contributed by atoms with van der Waals surface area (Å²) >= 11 is 0. The van der Waals surface area contributed by atoms with E-state index in [4.69, 9.17) is 0 Å². The van der Waals surface area contributed by atoms with Gasteiger partial charge in [0.15, 0.2) is 0 Å². The smallest absolute Gasteiger partial charge is 0.445 e. The predicted molar refractivity (Wildman–Crippen MR) is 51.7 cm³/mol. The van der Waals surface area contributed by atoms with Crippen molar-refractivity contribution in [1.29, 1.82) is 0 Å². The van der Waals surface area contributed by atoms with Crippen molar-refractivity contribution < 1.29 is 64.3 Å². The van der Waals surface area contributed by atoms with Crippen LogP contribution < -0.4 is 51.4 Å². The van der Waals surface area contributed by atoms with Gasteiger partial charge in [0.25, 0.3) is 0 Å². The molecule has 1 nitrogen and oxygen atoms in total. The van der Waals surface area contributed by atoms with Crippen molar-refractivity contribution in [2.75, 3.05) is 0 Å². The van der Waals surface area contributed by atoms with Crippen LogP contribution in [0.4, 0.5) is 12.9 Å². The van der Waals surface area contributed by atoms with Gasteiger partial charge in [0, 0.05) is 11.9 Å². The molecule has 0 N–H and O–H groups in total. The second-order valence-electron chi connectivity index (χ2n) is 2.92. The maximum absolute atomic E-state index is 11.8. The van der Waals surface area contributed by atoms with Gasteiger partial charge in [0.05, 0.1) is 0 Å². The predicted octanol–water partition coefficient (Wildman–Crippen LogP) is 0.0478. The second-order valence-corrected chi connectivity index (χ2v) is 2.92. The molecule has 0 atom stereocenters. The number of hydrogen-bond acceptors (Lipinski definition) is 1. The number of aromatic nitrogens is 1. The monoisotopic (exact) mass is 239 g/mol. The van der Waals surface area contributed by atoms with Crippen LogP contribution in [0.5, 0.6) is 0 Å². The number of pyridine rings is 1. The van der Waals surface area contributed by atoms with Crippen molar-refractivity contribution in [2.45, 2.75) is 13.3 Å². The molecule has 0 saturated carbocycles. The average Bonchev–Trinajstić information content (AvgIpc) is 2.14. The fourth-order valence-corrected chi connectivity index (χ4v) is 0.964. The zero-order valence-corrected chi connectivity index (χ0v) is 11.9. The third kappa shape index (κ3) is 6.52. The molecule has 1 aromatic rings. The van der Waals surface area contributed by atoms with Crippen LogP contribution in [0.2, 0.25) is 0 Å². The summed E-state index contributed by atoms with van der Waals surface area (Å²) in [6.45, 7) is -2.91. The van der Waals surface area contributed by atoms with E-state index in [-0.39, 0.29) is 57.4 Å². The zero-order chi connectivity index (χ0) is 10.6. The fraction of sp³-hybridized carbons (Fsp3) is 0.222. The van der Waals surface area contributed by atoms with Crippen molar-refractivity contribution in [3.8, 4) is 0 Å². The van der Waals surface area contributed by atoms with Crippen molar-refractivity contribution in [1.82, 2.24) is 4.98 Å². The number of halogens is 3. The van der Waals surface area contributed by atoms with Gasteiger partial charge >= 0.3 is 58.4 Å². The first-order valence-electron chi connectivity index (χ1n) is 4.35. The fourth-order valence-electron chi connectivity index (χ4n) is 0.964. The van der Waals surface area contributed by atoms with E-state index in [0.29, 0.717) is 5.56 Å². The van der Waals surface area contributed by atoms with E-state index in [9.17, 15) is 12.9 Å². The Balaban J connectivity index is 0.00000196.